The van der Waals surface area contributed by atoms with Gasteiger partial charge in [0.15, 0.2) is 5.15 Å². The lowest BCUT2D eigenvalue weighted by Gasteiger charge is -2.03. The number of thiophene rings is 1. The van der Waals surface area contributed by atoms with Crippen molar-refractivity contribution in [3.63, 3.8) is 0 Å². The Bertz CT molecular complexity index is 956. The SMILES string of the molecule is Clc1nnc(-c2ccc(-c3ccccn3)s2)c2ccccc12.O. The largest absolute Gasteiger partial charge is 0.412 e. The van der Waals surface area contributed by atoms with Crippen LogP contribution in [0.25, 0.3) is 31.9 Å². The molecule has 0 aliphatic carbocycles. The molecular weight excluding hydrogens is 330 g/mol. The molecule has 0 saturated carbocycles. The molecule has 0 saturated heterocycles. The first-order chi connectivity index (χ1) is 10.8. The quantitative estimate of drug-likeness (QED) is 0.547. The average Bonchev–Trinajstić information content (AvgIpc) is 3.06. The lowest BCUT2D eigenvalue weighted by Crippen LogP contribution is -1.89. The fourth-order valence-electron chi connectivity index (χ4n) is 2.36. The van der Waals surface area contributed by atoms with Gasteiger partial charge >= 0.3 is 0 Å². The standard InChI is InChI=1S/C17H10ClN3S.H2O/c18-17-12-6-2-1-5-11(12)16(20-21-17)15-9-8-14(22-15)13-7-3-4-10-19-13;/h1-10H;1H2. The van der Waals surface area contributed by atoms with Crippen LogP contribution in [0.3, 0.4) is 0 Å². The molecule has 0 aliphatic rings. The highest BCUT2D eigenvalue weighted by Gasteiger charge is 2.12. The minimum Gasteiger partial charge on any atom is -0.412 e. The maximum Gasteiger partial charge on any atom is 0.159 e. The highest BCUT2D eigenvalue weighted by atomic mass is 35.5. The van der Waals surface area contributed by atoms with Crippen LogP contribution in [0.2, 0.25) is 5.15 Å². The van der Waals surface area contributed by atoms with Gasteiger partial charge < -0.3 is 5.48 Å². The van der Waals surface area contributed by atoms with E-state index in [2.05, 4.69) is 27.3 Å². The van der Waals surface area contributed by atoms with Crippen LogP contribution in [-0.4, -0.2) is 20.7 Å². The van der Waals surface area contributed by atoms with E-state index in [9.17, 15) is 0 Å². The molecule has 0 amide bonds. The van der Waals surface area contributed by atoms with Gasteiger partial charge in [-0.25, -0.2) is 0 Å². The van der Waals surface area contributed by atoms with Crippen LogP contribution < -0.4 is 0 Å². The van der Waals surface area contributed by atoms with Crippen molar-refractivity contribution in [3.8, 4) is 21.1 Å². The van der Waals surface area contributed by atoms with Crippen molar-refractivity contribution in [3.05, 3.63) is 65.9 Å². The first-order valence-corrected chi connectivity index (χ1v) is 7.95. The molecule has 0 radical (unpaired) electrons. The van der Waals surface area contributed by atoms with Crippen LogP contribution in [-0.2, 0) is 0 Å². The summed E-state index contributed by atoms with van der Waals surface area (Å²) in [5.41, 5.74) is 1.82. The first kappa shape index (κ1) is 15.6. The number of pyridine rings is 1. The van der Waals surface area contributed by atoms with Crippen molar-refractivity contribution in [2.45, 2.75) is 0 Å². The minimum absolute atomic E-state index is 0. The lowest BCUT2D eigenvalue weighted by atomic mass is 10.1. The summed E-state index contributed by atoms with van der Waals surface area (Å²) >= 11 is 7.79. The van der Waals surface area contributed by atoms with Gasteiger partial charge in [0.05, 0.1) is 15.4 Å². The predicted molar refractivity (Wildman–Crippen MR) is 94.7 cm³/mol. The van der Waals surface area contributed by atoms with E-state index >= 15 is 0 Å². The topological polar surface area (TPSA) is 70.2 Å². The van der Waals surface area contributed by atoms with E-state index < -0.39 is 0 Å². The molecule has 2 N–H and O–H groups in total. The van der Waals surface area contributed by atoms with Crippen LogP contribution in [0.15, 0.2) is 60.8 Å². The van der Waals surface area contributed by atoms with E-state index in [1.54, 1.807) is 17.5 Å². The van der Waals surface area contributed by atoms with Gasteiger partial charge in [0, 0.05) is 17.0 Å². The molecule has 3 aromatic heterocycles. The van der Waals surface area contributed by atoms with Gasteiger partial charge in [-0.3, -0.25) is 4.98 Å². The van der Waals surface area contributed by atoms with E-state index in [1.165, 1.54) is 0 Å². The molecule has 0 fully saturated rings. The molecule has 0 atom stereocenters. The number of hydrogen-bond acceptors (Lipinski definition) is 4. The third kappa shape index (κ3) is 2.82. The zero-order chi connectivity index (χ0) is 14.9. The Hall–Kier alpha value is -2.34. The number of benzene rings is 1. The summed E-state index contributed by atoms with van der Waals surface area (Å²) in [7, 11) is 0. The van der Waals surface area contributed by atoms with Crippen molar-refractivity contribution < 1.29 is 5.48 Å². The van der Waals surface area contributed by atoms with Crippen molar-refractivity contribution in [1.29, 1.82) is 0 Å². The van der Waals surface area contributed by atoms with Gasteiger partial charge in [0.2, 0.25) is 0 Å². The number of fused-ring (bicyclic) bond motifs is 1. The van der Waals surface area contributed by atoms with Crippen molar-refractivity contribution >= 4 is 33.7 Å². The van der Waals surface area contributed by atoms with Crippen molar-refractivity contribution in [2.75, 3.05) is 0 Å². The molecule has 6 heteroatoms. The van der Waals surface area contributed by atoms with Crippen LogP contribution in [0, 0.1) is 0 Å². The molecule has 114 valence electrons. The van der Waals surface area contributed by atoms with Gasteiger partial charge in [-0.05, 0) is 24.3 Å². The molecule has 0 bridgehead atoms. The highest BCUT2D eigenvalue weighted by Crippen LogP contribution is 2.36. The maximum absolute atomic E-state index is 6.14. The maximum atomic E-state index is 6.14. The number of rotatable bonds is 2. The summed E-state index contributed by atoms with van der Waals surface area (Å²) in [4.78, 5) is 6.55. The Morgan fingerprint density at radius 2 is 1.52 bits per heavy atom. The van der Waals surface area contributed by atoms with E-state index in [0.29, 0.717) is 5.15 Å². The second kappa shape index (κ2) is 6.42. The van der Waals surface area contributed by atoms with Gasteiger partial charge in [-0.15, -0.1) is 21.5 Å². The Morgan fingerprint density at radius 1 is 0.783 bits per heavy atom. The molecule has 1 aromatic carbocycles. The van der Waals surface area contributed by atoms with E-state index in [-0.39, 0.29) is 5.48 Å². The molecule has 0 unspecified atom stereocenters. The second-order valence-corrected chi connectivity index (χ2v) is 6.21. The molecule has 0 spiro atoms. The number of halogens is 1. The average molecular weight is 342 g/mol. The van der Waals surface area contributed by atoms with Crippen LogP contribution in [0.1, 0.15) is 0 Å². The van der Waals surface area contributed by atoms with E-state index in [1.807, 2.05) is 42.5 Å². The summed E-state index contributed by atoms with van der Waals surface area (Å²) in [6.07, 6.45) is 1.80. The molecule has 23 heavy (non-hydrogen) atoms. The molecule has 4 nitrogen and oxygen atoms in total. The molecule has 0 aliphatic heterocycles. The van der Waals surface area contributed by atoms with Crippen LogP contribution in [0.4, 0.5) is 0 Å². The zero-order valence-electron chi connectivity index (χ0n) is 11.9. The minimum atomic E-state index is 0. The first-order valence-electron chi connectivity index (χ1n) is 6.75. The van der Waals surface area contributed by atoms with Crippen LogP contribution in [0.5, 0.6) is 0 Å². The Morgan fingerprint density at radius 3 is 2.30 bits per heavy atom. The zero-order valence-corrected chi connectivity index (χ0v) is 13.5. The number of nitrogens with zero attached hydrogens (tertiary/aromatic N) is 3. The van der Waals surface area contributed by atoms with Gasteiger partial charge in [-0.1, -0.05) is 41.9 Å². The Kier molecular flexibility index (Phi) is 4.34. The van der Waals surface area contributed by atoms with E-state index in [0.717, 1.165) is 31.9 Å². The summed E-state index contributed by atoms with van der Waals surface area (Å²) < 4.78 is 0. The van der Waals surface area contributed by atoms with Gasteiger partial charge in [0.25, 0.3) is 0 Å². The van der Waals surface area contributed by atoms with Gasteiger partial charge in [-0.2, -0.15) is 0 Å². The molecule has 4 aromatic rings. The smallest absolute Gasteiger partial charge is 0.159 e. The molecular formula is C17H12ClN3OS. The summed E-state index contributed by atoms with van der Waals surface area (Å²) in [6, 6.07) is 17.9. The summed E-state index contributed by atoms with van der Waals surface area (Å²) in [5.74, 6) is 0. The number of hydrogen-bond donors (Lipinski definition) is 0. The Labute approximate surface area is 141 Å². The van der Waals surface area contributed by atoms with Crippen LogP contribution >= 0.6 is 22.9 Å². The molecule has 3 heterocycles. The van der Waals surface area contributed by atoms with E-state index in [4.69, 9.17) is 11.6 Å². The third-order valence-electron chi connectivity index (χ3n) is 3.40. The van der Waals surface area contributed by atoms with Crippen molar-refractivity contribution in [1.82, 2.24) is 15.2 Å². The fraction of sp³-hybridized carbons (Fsp3) is 0. The Balaban J connectivity index is 0.00000156. The van der Waals surface area contributed by atoms with Crippen molar-refractivity contribution in [2.24, 2.45) is 0 Å². The third-order valence-corrected chi connectivity index (χ3v) is 4.79. The fourth-order valence-corrected chi connectivity index (χ4v) is 3.55. The highest BCUT2D eigenvalue weighted by molar-refractivity contribution is 7.18. The lowest BCUT2D eigenvalue weighted by molar-refractivity contribution is 0.824. The van der Waals surface area contributed by atoms with Gasteiger partial charge in [0.1, 0.15) is 5.69 Å². The summed E-state index contributed by atoms with van der Waals surface area (Å²) in [5, 5.41) is 10.7. The summed E-state index contributed by atoms with van der Waals surface area (Å²) in [6.45, 7) is 0. The molecule has 4 rings (SSSR count). The normalized spacial score (nSPS) is 10.5. The predicted octanol–water partition coefficient (Wildman–Crippen LogP) is 4.25. The second-order valence-electron chi connectivity index (χ2n) is 4.76. The number of aromatic nitrogens is 3. The monoisotopic (exact) mass is 341 g/mol.